The van der Waals surface area contributed by atoms with Gasteiger partial charge in [0.15, 0.2) is 0 Å². The third-order valence-corrected chi connectivity index (χ3v) is 8.51. The van der Waals surface area contributed by atoms with Crippen LogP contribution in [0.15, 0.2) is 146 Å². The van der Waals surface area contributed by atoms with Gasteiger partial charge in [0.2, 0.25) is 0 Å². The first-order valence-electron chi connectivity index (χ1n) is 13.9. The average Bonchev–Trinajstić information content (AvgIpc) is 3.22. The summed E-state index contributed by atoms with van der Waals surface area (Å²) < 4.78 is 0. The summed E-state index contributed by atoms with van der Waals surface area (Å²) in [5.41, 5.74) is 14.6. The lowest BCUT2D eigenvalue weighted by Gasteiger charge is -2.35. The molecule has 0 unspecified atom stereocenters. The third-order valence-electron chi connectivity index (χ3n) is 8.51. The van der Waals surface area contributed by atoms with Gasteiger partial charge in [0.1, 0.15) is 0 Å². The first-order valence-corrected chi connectivity index (χ1v) is 13.9. The summed E-state index contributed by atoms with van der Waals surface area (Å²) in [5, 5.41) is 3.76. The molecule has 188 valence electrons. The first-order chi connectivity index (χ1) is 19.8. The van der Waals surface area contributed by atoms with Gasteiger partial charge in [-0.05, 0) is 68.3 Å². The van der Waals surface area contributed by atoms with E-state index in [2.05, 4.69) is 163 Å². The van der Waals surface area contributed by atoms with Gasteiger partial charge in [0, 0.05) is 16.9 Å². The van der Waals surface area contributed by atoms with E-state index in [9.17, 15) is 0 Å². The molecule has 8 rings (SSSR count). The number of rotatable bonds is 3. The minimum Gasteiger partial charge on any atom is -0.355 e. The largest absolute Gasteiger partial charge is 0.355 e. The van der Waals surface area contributed by atoms with Gasteiger partial charge in [-0.1, -0.05) is 140 Å². The van der Waals surface area contributed by atoms with Crippen molar-refractivity contribution in [1.29, 1.82) is 0 Å². The maximum Gasteiger partial charge on any atom is 0.0725 e. The van der Waals surface area contributed by atoms with Gasteiger partial charge >= 0.3 is 0 Å². The van der Waals surface area contributed by atoms with Gasteiger partial charge in [0.25, 0.3) is 0 Å². The minimum absolute atomic E-state index is 0.386. The Morgan fingerprint density at radius 2 is 0.950 bits per heavy atom. The Kier molecular flexibility index (Phi) is 5.11. The molecule has 1 heteroatoms. The zero-order valence-corrected chi connectivity index (χ0v) is 22.0. The average molecular weight is 510 g/mol. The zero-order chi connectivity index (χ0) is 26.5. The second-order valence-corrected chi connectivity index (χ2v) is 10.6. The lowest BCUT2D eigenvalue weighted by molar-refractivity contribution is 0.766. The number of fused-ring (bicyclic) bond motifs is 9. The smallest absolute Gasteiger partial charge is 0.0725 e. The molecular weight excluding hydrogens is 482 g/mol. The van der Waals surface area contributed by atoms with Crippen LogP contribution in [0.1, 0.15) is 33.4 Å². The molecule has 0 bridgehead atoms. The maximum atomic E-state index is 3.76. The van der Waals surface area contributed by atoms with Crippen molar-refractivity contribution in [2.24, 2.45) is 0 Å². The van der Waals surface area contributed by atoms with Crippen LogP contribution in [0.2, 0.25) is 0 Å². The van der Waals surface area contributed by atoms with Crippen LogP contribution in [-0.4, -0.2) is 0 Å². The Morgan fingerprint density at radius 3 is 1.68 bits per heavy atom. The van der Waals surface area contributed by atoms with Crippen molar-refractivity contribution in [3.63, 3.8) is 0 Å². The second kappa shape index (κ2) is 8.97. The van der Waals surface area contributed by atoms with Crippen molar-refractivity contribution in [2.45, 2.75) is 5.41 Å². The summed E-state index contributed by atoms with van der Waals surface area (Å²) in [5.74, 6) is 0. The van der Waals surface area contributed by atoms with Gasteiger partial charge in [-0.15, -0.1) is 0 Å². The molecule has 0 aromatic heterocycles. The number of hydrogen-bond donors (Lipinski definition) is 1. The summed E-state index contributed by atoms with van der Waals surface area (Å²) in [7, 11) is 0. The van der Waals surface area contributed by atoms with Crippen molar-refractivity contribution in [2.75, 3.05) is 5.32 Å². The van der Waals surface area contributed by atoms with Crippen LogP contribution < -0.4 is 5.32 Å². The Bertz CT molecular complexity index is 1880. The van der Waals surface area contributed by atoms with Crippen molar-refractivity contribution in [3.8, 4) is 22.3 Å². The predicted molar refractivity (Wildman–Crippen MR) is 168 cm³/mol. The van der Waals surface area contributed by atoms with Gasteiger partial charge in [-0.2, -0.15) is 0 Å². The van der Waals surface area contributed by atoms with Crippen LogP contribution in [0.25, 0.3) is 34.4 Å². The molecule has 0 saturated heterocycles. The topological polar surface area (TPSA) is 12.0 Å². The molecule has 0 amide bonds. The van der Waals surface area contributed by atoms with Crippen LogP contribution >= 0.6 is 0 Å². The minimum atomic E-state index is -0.386. The fourth-order valence-electron chi connectivity index (χ4n) is 6.85. The number of nitrogens with one attached hydrogen (secondary N) is 1. The Hall–Kier alpha value is -5.14. The van der Waals surface area contributed by atoms with Gasteiger partial charge in [0.05, 0.1) is 5.41 Å². The number of hydrogen-bond acceptors (Lipinski definition) is 1. The van der Waals surface area contributed by atoms with E-state index in [0.717, 1.165) is 11.4 Å². The van der Waals surface area contributed by atoms with Crippen molar-refractivity contribution < 1.29 is 0 Å². The molecule has 6 aromatic carbocycles. The molecule has 1 nitrogen and oxygen atoms in total. The van der Waals surface area contributed by atoms with Crippen molar-refractivity contribution in [3.05, 3.63) is 179 Å². The molecule has 40 heavy (non-hydrogen) atoms. The predicted octanol–water partition coefficient (Wildman–Crippen LogP) is 9.94. The van der Waals surface area contributed by atoms with Gasteiger partial charge in [-0.25, -0.2) is 0 Å². The second-order valence-electron chi connectivity index (χ2n) is 10.6. The molecule has 2 aliphatic rings. The fraction of sp³-hybridized carbons (Fsp3) is 0.0256. The molecule has 0 heterocycles. The van der Waals surface area contributed by atoms with Crippen molar-refractivity contribution in [1.82, 2.24) is 0 Å². The van der Waals surface area contributed by atoms with Crippen LogP contribution in [0.3, 0.4) is 0 Å². The molecule has 1 spiro atoms. The number of para-hydroxylation sites is 1. The van der Waals surface area contributed by atoms with E-state index in [1.165, 1.54) is 55.6 Å². The molecule has 0 saturated carbocycles. The van der Waals surface area contributed by atoms with Crippen molar-refractivity contribution >= 4 is 23.5 Å². The molecular formula is C39H27N. The summed E-state index contributed by atoms with van der Waals surface area (Å²) in [6, 6.07) is 52.8. The van der Waals surface area contributed by atoms with Crippen LogP contribution in [0.4, 0.5) is 11.4 Å². The van der Waals surface area contributed by atoms with E-state index >= 15 is 0 Å². The normalized spacial score (nSPS) is 13.6. The highest BCUT2D eigenvalue weighted by atomic mass is 14.9. The highest BCUT2D eigenvalue weighted by Crippen LogP contribution is 2.58. The summed E-state index contributed by atoms with van der Waals surface area (Å²) in [4.78, 5) is 0. The lowest BCUT2D eigenvalue weighted by Crippen LogP contribution is -2.29. The Morgan fingerprint density at radius 1 is 0.400 bits per heavy atom. The zero-order valence-electron chi connectivity index (χ0n) is 22.0. The lowest BCUT2D eigenvalue weighted by atomic mass is 9.66. The Balaban J connectivity index is 1.35. The molecule has 0 fully saturated rings. The van der Waals surface area contributed by atoms with E-state index in [4.69, 9.17) is 0 Å². The molecule has 6 aromatic rings. The van der Waals surface area contributed by atoms with E-state index in [1.54, 1.807) is 0 Å². The SMILES string of the molecule is C1=Cc2ccccc2C2(c3ccccc31)c1ccccc1-c1cc(Nc3ccccc3-c3ccccc3)ccc12. The van der Waals surface area contributed by atoms with Crippen LogP contribution in [-0.2, 0) is 5.41 Å². The number of anilines is 2. The molecule has 1 N–H and O–H groups in total. The van der Waals surface area contributed by atoms with E-state index in [0.29, 0.717) is 0 Å². The van der Waals surface area contributed by atoms with E-state index in [1.807, 2.05) is 0 Å². The van der Waals surface area contributed by atoms with E-state index in [-0.39, 0.29) is 5.41 Å². The summed E-state index contributed by atoms with van der Waals surface area (Å²) in [6.45, 7) is 0. The van der Waals surface area contributed by atoms with E-state index < -0.39 is 0 Å². The highest BCUT2D eigenvalue weighted by molar-refractivity contribution is 5.93. The number of benzene rings is 6. The fourth-order valence-corrected chi connectivity index (χ4v) is 6.85. The van der Waals surface area contributed by atoms with Crippen LogP contribution in [0, 0.1) is 0 Å². The highest BCUT2D eigenvalue weighted by Gasteiger charge is 2.48. The van der Waals surface area contributed by atoms with Crippen LogP contribution in [0.5, 0.6) is 0 Å². The summed E-state index contributed by atoms with van der Waals surface area (Å²) in [6.07, 6.45) is 4.56. The van der Waals surface area contributed by atoms with Gasteiger partial charge in [-0.3, -0.25) is 0 Å². The maximum absolute atomic E-state index is 3.76. The standard InChI is InChI=1S/C39H27N/c1-2-12-27(13-3-1)31-16-7-11-21-38(31)40-30-24-25-37-33(26-30)32-17-6-10-20-36(32)39(37)34-18-8-4-14-28(34)22-23-29-15-5-9-19-35(29)39/h1-26,40H. The third kappa shape index (κ3) is 3.28. The quantitative estimate of drug-likeness (QED) is 0.250. The van der Waals surface area contributed by atoms with Gasteiger partial charge < -0.3 is 5.32 Å². The molecule has 0 radical (unpaired) electrons. The molecule has 2 aliphatic carbocycles. The first kappa shape index (κ1) is 22.8. The monoisotopic (exact) mass is 509 g/mol. The molecule has 0 atom stereocenters. The summed E-state index contributed by atoms with van der Waals surface area (Å²) >= 11 is 0. The Labute approximate surface area is 235 Å². The molecule has 0 aliphatic heterocycles.